The Balaban J connectivity index is 2.79. The standard InChI is InChI=1S/C14H24N2O2/c1-3-7-14(11-15,8-4-2)13(18)16-9-5-12(17)6-10-16/h12,17H,3-10H2,1-2H3. The van der Waals surface area contributed by atoms with Crippen LogP contribution in [0.5, 0.6) is 0 Å². The Hall–Kier alpha value is -1.08. The zero-order valence-electron chi connectivity index (χ0n) is 11.5. The van der Waals surface area contributed by atoms with Crippen molar-refractivity contribution in [2.45, 2.75) is 58.5 Å². The minimum absolute atomic E-state index is 0.0272. The van der Waals surface area contributed by atoms with Gasteiger partial charge in [-0.15, -0.1) is 0 Å². The van der Waals surface area contributed by atoms with Gasteiger partial charge in [0.1, 0.15) is 5.41 Å². The largest absolute Gasteiger partial charge is 0.393 e. The SMILES string of the molecule is CCCC(C#N)(CCC)C(=O)N1CCC(O)CC1. The molecule has 0 saturated carbocycles. The predicted molar refractivity (Wildman–Crippen MR) is 69.7 cm³/mol. The van der Waals surface area contributed by atoms with Crippen LogP contribution in [0, 0.1) is 16.7 Å². The second-order valence-corrected chi connectivity index (χ2v) is 5.22. The number of nitriles is 1. The lowest BCUT2D eigenvalue weighted by atomic mass is 9.79. The Bertz CT molecular complexity index is 308. The molecule has 0 unspecified atom stereocenters. The molecule has 1 N–H and O–H groups in total. The number of hydrogen-bond acceptors (Lipinski definition) is 3. The molecule has 4 heteroatoms. The minimum atomic E-state index is -0.841. The van der Waals surface area contributed by atoms with Crippen LogP contribution in [0.15, 0.2) is 0 Å². The number of piperidine rings is 1. The molecule has 0 aromatic rings. The highest BCUT2D eigenvalue weighted by molar-refractivity contribution is 5.85. The molecular weight excluding hydrogens is 228 g/mol. The minimum Gasteiger partial charge on any atom is -0.393 e. The average molecular weight is 252 g/mol. The smallest absolute Gasteiger partial charge is 0.243 e. The van der Waals surface area contributed by atoms with E-state index in [1.807, 2.05) is 13.8 Å². The van der Waals surface area contributed by atoms with Crippen molar-refractivity contribution in [3.05, 3.63) is 0 Å². The third-order valence-electron chi connectivity index (χ3n) is 3.73. The molecule has 102 valence electrons. The lowest BCUT2D eigenvalue weighted by molar-refractivity contribution is -0.142. The highest BCUT2D eigenvalue weighted by Gasteiger charge is 2.40. The monoisotopic (exact) mass is 252 g/mol. The van der Waals surface area contributed by atoms with E-state index >= 15 is 0 Å². The van der Waals surface area contributed by atoms with Crippen molar-refractivity contribution in [2.75, 3.05) is 13.1 Å². The van der Waals surface area contributed by atoms with Crippen molar-refractivity contribution in [3.8, 4) is 6.07 Å². The van der Waals surface area contributed by atoms with E-state index in [2.05, 4.69) is 6.07 Å². The molecule has 1 amide bonds. The van der Waals surface area contributed by atoms with Crippen molar-refractivity contribution in [1.82, 2.24) is 4.90 Å². The fourth-order valence-electron chi connectivity index (χ4n) is 2.72. The van der Waals surface area contributed by atoms with Crippen molar-refractivity contribution in [3.63, 3.8) is 0 Å². The third kappa shape index (κ3) is 3.23. The van der Waals surface area contributed by atoms with Crippen LogP contribution in [0.4, 0.5) is 0 Å². The summed E-state index contributed by atoms with van der Waals surface area (Å²) >= 11 is 0. The highest BCUT2D eigenvalue weighted by atomic mass is 16.3. The van der Waals surface area contributed by atoms with Crippen LogP contribution in [0.3, 0.4) is 0 Å². The molecule has 4 nitrogen and oxygen atoms in total. The molecule has 0 atom stereocenters. The summed E-state index contributed by atoms with van der Waals surface area (Å²) in [7, 11) is 0. The zero-order chi connectivity index (χ0) is 13.6. The van der Waals surface area contributed by atoms with E-state index in [-0.39, 0.29) is 12.0 Å². The van der Waals surface area contributed by atoms with Gasteiger partial charge in [-0.3, -0.25) is 4.79 Å². The van der Waals surface area contributed by atoms with Gasteiger partial charge in [0.05, 0.1) is 12.2 Å². The summed E-state index contributed by atoms with van der Waals surface area (Å²) in [5, 5.41) is 18.9. The maximum Gasteiger partial charge on any atom is 0.243 e. The Morgan fingerprint density at radius 1 is 1.33 bits per heavy atom. The fourth-order valence-corrected chi connectivity index (χ4v) is 2.72. The summed E-state index contributed by atoms with van der Waals surface area (Å²) in [5.74, 6) is -0.0272. The van der Waals surface area contributed by atoms with Crippen molar-refractivity contribution in [1.29, 1.82) is 5.26 Å². The van der Waals surface area contributed by atoms with Gasteiger partial charge in [-0.1, -0.05) is 26.7 Å². The van der Waals surface area contributed by atoms with E-state index in [0.717, 1.165) is 12.8 Å². The van der Waals surface area contributed by atoms with Gasteiger partial charge in [0.15, 0.2) is 0 Å². The fraction of sp³-hybridized carbons (Fsp3) is 0.857. The lowest BCUT2D eigenvalue weighted by Gasteiger charge is -2.36. The number of carbonyl (C=O) groups excluding carboxylic acids is 1. The number of nitrogens with zero attached hydrogens (tertiary/aromatic N) is 2. The van der Waals surface area contributed by atoms with Crippen molar-refractivity contribution in [2.24, 2.45) is 5.41 Å². The average Bonchev–Trinajstić information content (AvgIpc) is 2.38. The van der Waals surface area contributed by atoms with Crippen LogP contribution in [-0.2, 0) is 4.79 Å². The molecule has 1 aliphatic heterocycles. The Morgan fingerprint density at radius 3 is 2.22 bits per heavy atom. The van der Waals surface area contributed by atoms with Gasteiger partial charge in [-0.05, 0) is 25.7 Å². The maximum atomic E-state index is 12.6. The molecule has 1 rings (SSSR count). The van der Waals surface area contributed by atoms with Crippen molar-refractivity contribution < 1.29 is 9.90 Å². The quantitative estimate of drug-likeness (QED) is 0.814. The Labute approximate surface area is 110 Å². The lowest BCUT2D eigenvalue weighted by Crippen LogP contribution is -2.47. The highest BCUT2D eigenvalue weighted by Crippen LogP contribution is 2.32. The number of rotatable bonds is 5. The van der Waals surface area contributed by atoms with Gasteiger partial charge >= 0.3 is 0 Å². The van der Waals surface area contributed by atoms with E-state index in [1.54, 1.807) is 4.90 Å². The predicted octanol–water partition coefficient (Wildman–Crippen LogP) is 2.08. The first kappa shape index (κ1) is 15.0. The van der Waals surface area contributed by atoms with E-state index < -0.39 is 5.41 Å². The summed E-state index contributed by atoms with van der Waals surface area (Å²) in [5.41, 5.74) is -0.841. The van der Waals surface area contributed by atoms with Crippen LogP contribution in [0.25, 0.3) is 0 Å². The first-order valence-corrected chi connectivity index (χ1v) is 6.98. The summed E-state index contributed by atoms with van der Waals surface area (Å²) in [6, 6.07) is 2.27. The number of hydrogen-bond donors (Lipinski definition) is 1. The number of likely N-dealkylation sites (tertiary alicyclic amines) is 1. The van der Waals surface area contributed by atoms with Gasteiger partial charge in [0, 0.05) is 13.1 Å². The summed E-state index contributed by atoms with van der Waals surface area (Å²) in [6.45, 7) is 5.18. The normalized spacial score (nSPS) is 17.6. The van der Waals surface area contributed by atoms with Crippen LogP contribution in [-0.4, -0.2) is 35.1 Å². The maximum absolute atomic E-state index is 12.6. The molecule has 0 spiro atoms. The van der Waals surface area contributed by atoms with E-state index in [1.165, 1.54) is 0 Å². The van der Waals surface area contributed by atoms with Gasteiger partial charge in [0.25, 0.3) is 0 Å². The summed E-state index contributed by atoms with van der Waals surface area (Å²) in [6.07, 6.45) is 3.93. The zero-order valence-corrected chi connectivity index (χ0v) is 11.5. The molecule has 1 saturated heterocycles. The van der Waals surface area contributed by atoms with Crippen LogP contribution >= 0.6 is 0 Å². The van der Waals surface area contributed by atoms with Gasteiger partial charge in [-0.2, -0.15) is 5.26 Å². The third-order valence-corrected chi connectivity index (χ3v) is 3.73. The molecule has 1 heterocycles. The Kier molecular flexibility index (Phi) is 5.61. The molecule has 0 radical (unpaired) electrons. The van der Waals surface area contributed by atoms with Gasteiger partial charge < -0.3 is 10.0 Å². The van der Waals surface area contributed by atoms with E-state index in [9.17, 15) is 15.2 Å². The molecular formula is C14H24N2O2. The molecule has 18 heavy (non-hydrogen) atoms. The Morgan fingerprint density at radius 2 is 1.83 bits per heavy atom. The van der Waals surface area contributed by atoms with E-state index in [4.69, 9.17) is 0 Å². The first-order valence-electron chi connectivity index (χ1n) is 6.98. The number of aliphatic hydroxyl groups excluding tert-OH is 1. The molecule has 0 bridgehead atoms. The molecule has 1 aliphatic rings. The second-order valence-electron chi connectivity index (χ2n) is 5.22. The summed E-state index contributed by atoms with van der Waals surface area (Å²) in [4.78, 5) is 14.3. The van der Waals surface area contributed by atoms with Crippen molar-refractivity contribution >= 4 is 5.91 Å². The second kappa shape index (κ2) is 6.75. The van der Waals surface area contributed by atoms with Crippen LogP contribution in [0.2, 0.25) is 0 Å². The van der Waals surface area contributed by atoms with Gasteiger partial charge in [-0.25, -0.2) is 0 Å². The van der Waals surface area contributed by atoms with E-state index in [0.29, 0.717) is 38.8 Å². The topological polar surface area (TPSA) is 64.3 Å². The molecule has 0 aromatic carbocycles. The van der Waals surface area contributed by atoms with Gasteiger partial charge in [0.2, 0.25) is 5.91 Å². The summed E-state index contributed by atoms with van der Waals surface area (Å²) < 4.78 is 0. The molecule has 0 aliphatic carbocycles. The molecule has 0 aromatic heterocycles. The first-order chi connectivity index (χ1) is 8.59. The number of carbonyl (C=O) groups is 1. The number of aliphatic hydroxyl groups is 1. The van der Waals surface area contributed by atoms with Crippen LogP contribution in [0.1, 0.15) is 52.4 Å². The van der Waals surface area contributed by atoms with Crippen LogP contribution < -0.4 is 0 Å². The molecule has 1 fully saturated rings. The number of amides is 1.